The number of hydrogen-bond acceptors (Lipinski definition) is 3. The topological polar surface area (TPSA) is 67.2 Å². The van der Waals surface area contributed by atoms with E-state index >= 15 is 0 Å². The summed E-state index contributed by atoms with van der Waals surface area (Å²) in [7, 11) is 0. The second kappa shape index (κ2) is 8.36. The number of rotatable bonds is 6. The van der Waals surface area contributed by atoms with Gasteiger partial charge in [-0.2, -0.15) is 5.10 Å². The van der Waals surface area contributed by atoms with Gasteiger partial charge >= 0.3 is 0 Å². The van der Waals surface area contributed by atoms with Crippen LogP contribution in [0.3, 0.4) is 0 Å². The fourth-order valence-corrected chi connectivity index (χ4v) is 3.22. The summed E-state index contributed by atoms with van der Waals surface area (Å²) in [5.41, 5.74) is 1.99. The molecule has 1 aliphatic heterocycles. The number of aryl methyl sites for hydroxylation is 1. The lowest BCUT2D eigenvalue weighted by Crippen LogP contribution is -2.45. The van der Waals surface area contributed by atoms with Gasteiger partial charge in [0.2, 0.25) is 11.8 Å². The summed E-state index contributed by atoms with van der Waals surface area (Å²) >= 11 is 5.90. The molecule has 1 atom stereocenters. The second-order valence-corrected chi connectivity index (χ2v) is 6.99. The van der Waals surface area contributed by atoms with Gasteiger partial charge in [0.25, 0.3) is 0 Å². The first kappa shape index (κ1) is 18.5. The van der Waals surface area contributed by atoms with Crippen molar-refractivity contribution in [2.24, 2.45) is 5.92 Å². The molecular formula is C19H23ClN4O2. The lowest BCUT2D eigenvalue weighted by Gasteiger charge is -2.32. The van der Waals surface area contributed by atoms with Crippen molar-refractivity contribution in [1.29, 1.82) is 0 Å². The number of benzene rings is 1. The van der Waals surface area contributed by atoms with Gasteiger partial charge in [-0.3, -0.25) is 14.3 Å². The third-order valence-corrected chi connectivity index (χ3v) is 4.89. The zero-order valence-electron chi connectivity index (χ0n) is 14.8. The van der Waals surface area contributed by atoms with Gasteiger partial charge < -0.3 is 10.2 Å². The smallest absolute Gasteiger partial charge is 0.225 e. The zero-order chi connectivity index (χ0) is 18.5. The lowest BCUT2D eigenvalue weighted by molar-refractivity contribution is -0.138. The van der Waals surface area contributed by atoms with Crippen molar-refractivity contribution in [1.82, 2.24) is 20.0 Å². The molecule has 2 heterocycles. The SMILES string of the molecule is CCn1cc(CNC(=O)[C@@H]2CCC(=O)N(Cc3ccc(Cl)cc3)C2)cn1. The summed E-state index contributed by atoms with van der Waals surface area (Å²) in [6.45, 7) is 4.23. The number of piperidine rings is 1. The van der Waals surface area contributed by atoms with Crippen molar-refractivity contribution in [3.63, 3.8) is 0 Å². The molecule has 7 heteroatoms. The van der Waals surface area contributed by atoms with E-state index in [1.807, 2.05) is 42.1 Å². The average Bonchev–Trinajstić information content (AvgIpc) is 3.11. The predicted molar refractivity (Wildman–Crippen MR) is 99.3 cm³/mol. The van der Waals surface area contributed by atoms with Crippen LogP contribution < -0.4 is 5.32 Å². The first-order valence-electron chi connectivity index (χ1n) is 8.86. The Morgan fingerprint density at radius 1 is 1.31 bits per heavy atom. The lowest BCUT2D eigenvalue weighted by atomic mass is 9.96. The predicted octanol–water partition coefficient (Wildman–Crippen LogP) is 2.61. The number of carbonyl (C=O) groups is 2. The monoisotopic (exact) mass is 374 g/mol. The van der Waals surface area contributed by atoms with Crippen LogP contribution in [-0.2, 0) is 29.2 Å². The Morgan fingerprint density at radius 2 is 2.08 bits per heavy atom. The fraction of sp³-hybridized carbons (Fsp3) is 0.421. The highest BCUT2D eigenvalue weighted by molar-refractivity contribution is 6.30. The van der Waals surface area contributed by atoms with E-state index in [-0.39, 0.29) is 17.7 Å². The van der Waals surface area contributed by atoms with E-state index in [2.05, 4.69) is 10.4 Å². The van der Waals surface area contributed by atoms with Gasteiger partial charge in [-0.05, 0) is 31.0 Å². The minimum Gasteiger partial charge on any atom is -0.352 e. The van der Waals surface area contributed by atoms with Crippen molar-refractivity contribution in [2.75, 3.05) is 6.54 Å². The van der Waals surface area contributed by atoms with E-state index < -0.39 is 0 Å². The fourth-order valence-electron chi connectivity index (χ4n) is 3.10. The van der Waals surface area contributed by atoms with Crippen LogP contribution in [-0.4, -0.2) is 33.0 Å². The van der Waals surface area contributed by atoms with Crippen LogP contribution >= 0.6 is 11.6 Å². The molecule has 3 rings (SSSR count). The van der Waals surface area contributed by atoms with Gasteiger partial charge in [0, 0.05) is 49.4 Å². The molecule has 6 nitrogen and oxygen atoms in total. The molecule has 0 radical (unpaired) electrons. The Bertz CT molecular complexity index is 772. The molecule has 0 saturated carbocycles. The van der Waals surface area contributed by atoms with E-state index in [4.69, 9.17) is 11.6 Å². The van der Waals surface area contributed by atoms with Gasteiger partial charge in [0.1, 0.15) is 0 Å². The third-order valence-electron chi connectivity index (χ3n) is 4.64. The van der Waals surface area contributed by atoms with Crippen LogP contribution in [0.1, 0.15) is 30.9 Å². The Morgan fingerprint density at radius 3 is 2.77 bits per heavy atom. The van der Waals surface area contributed by atoms with Gasteiger partial charge in [-0.1, -0.05) is 23.7 Å². The van der Waals surface area contributed by atoms with Crippen LogP contribution in [0.4, 0.5) is 0 Å². The number of carbonyl (C=O) groups excluding carboxylic acids is 2. The second-order valence-electron chi connectivity index (χ2n) is 6.56. The first-order valence-corrected chi connectivity index (χ1v) is 9.24. The highest BCUT2D eigenvalue weighted by Gasteiger charge is 2.30. The minimum atomic E-state index is -0.179. The van der Waals surface area contributed by atoms with E-state index in [1.165, 1.54) is 0 Å². The molecule has 0 bridgehead atoms. The summed E-state index contributed by atoms with van der Waals surface area (Å²) < 4.78 is 1.83. The van der Waals surface area contributed by atoms with Gasteiger partial charge in [0.05, 0.1) is 12.1 Å². The molecule has 1 aromatic heterocycles. The molecule has 138 valence electrons. The highest BCUT2D eigenvalue weighted by Crippen LogP contribution is 2.21. The molecule has 26 heavy (non-hydrogen) atoms. The van der Waals surface area contributed by atoms with E-state index in [9.17, 15) is 9.59 Å². The zero-order valence-corrected chi connectivity index (χ0v) is 15.6. The first-order chi connectivity index (χ1) is 12.5. The van der Waals surface area contributed by atoms with Crippen LogP contribution in [0.5, 0.6) is 0 Å². The Hall–Kier alpha value is -2.34. The molecule has 0 unspecified atom stereocenters. The molecule has 0 spiro atoms. The van der Waals surface area contributed by atoms with Crippen molar-refractivity contribution in [3.8, 4) is 0 Å². The maximum absolute atomic E-state index is 12.5. The van der Waals surface area contributed by atoms with Crippen molar-refractivity contribution in [2.45, 2.75) is 39.4 Å². The van der Waals surface area contributed by atoms with Crippen LogP contribution in [0.2, 0.25) is 5.02 Å². The van der Waals surface area contributed by atoms with Crippen molar-refractivity contribution in [3.05, 3.63) is 52.8 Å². The number of likely N-dealkylation sites (tertiary alicyclic amines) is 1. The number of amides is 2. The number of aromatic nitrogens is 2. The largest absolute Gasteiger partial charge is 0.352 e. The third kappa shape index (κ3) is 4.64. The number of nitrogens with one attached hydrogen (secondary N) is 1. The van der Waals surface area contributed by atoms with Crippen molar-refractivity contribution >= 4 is 23.4 Å². The summed E-state index contributed by atoms with van der Waals surface area (Å²) in [5.74, 6) is -0.0997. The minimum absolute atomic E-state index is 0.0112. The number of halogens is 1. The Kier molecular flexibility index (Phi) is 5.93. The van der Waals surface area contributed by atoms with Crippen LogP contribution in [0.15, 0.2) is 36.7 Å². The van der Waals surface area contributed by atoms with Crippen LogP contribution in [0, 0.1) is 5.92 Å². The summed E-state index contributed by atoms with van der Waals surface area (Å²) in [5, 5.41) is 7.84. The summed E-state index contributed by atoms with van der Waals surface area (Å²) in [6, 6.07) is 7.44. The van der Waals surface area contributed by atoms with Gasteiger partial charge in [-0.25, -0.2) is 0 Å². The highest BCUT2D eigenvalue weighted by atomic mass is 35.5. The summed E-state index contributed by atoms with van der Waals surface area (Å²) in [4.78, 5) is 26.5. The quantitative estimate of drug-likeness (QED) is 0.845. The molecule has 0 aliphatic carbocycles. The maximum atomic E-state index is 12.5. The molecule has 2 amide bonds. The number of nitrogens with zero attached hydrogens (tertiary/aromatic N) is 3. The Labute approximate surface area is 158 Å². The Balaban J connectivity index is 1.55. The van der Waals surface area contributed by atoms with E-state index in [0.717, 1.165) is 17.7 Å². The maximum Gasteiger partial charge on any atom is 0.225 e. The van der Waals surface area contributed by atoms with Gasteiger partial charge in [0.15, 0.2) is 0 Å². The normalized spacial score (nSPS) is 17.4. The van der Waals surface area contributed by atoms with Crippen LogP contribution in [0.25, 0.3) is 0 Å². The molecular weight excluding hydrogens is 352 g/mol. The summed E-state index contributed by atoms with van der Waals surface area (Å²) in [6.07, 6.45) is 4.69. The standard InChI is InChI=1S/C19H23ClN4O2/c1-2-24-12-15(10-22-24)9-21-19(26)16-5-8-18(25)23(13-16)11-14-3-6-17(20)7-4-14/h3-4,6-7,10,12,16H,2,5,8-9,11,13H2,1H3,(H,21,26)/t16-/m1/s1. The average molecular weight is 375 g/mol. The molecule has 1 aromatic carbocycles. The molecule has 1 fully saturated rings. The van der Waals surface area contributed by atoms with Crippen molar-refractivity contribution < 1.29 is 9.59 Å². The number of hydrogen-bond donors (Lipinski definition) is 1. The molecule has 2 aromatic rings. The molecule has 1 N–H and O–H groups in total. The van der Waals surface area contributed by atoms with Gasteiger partial charge in [-0.15, -0.1) is 0 Å². The van der Waals surface area contributed by atoms with E-state index in [0.29, 0.717) is 37.5 Å². The molecule has 1 aliphatic rings. The molecule has 1 saturated heterocycles. The van der Waals surface area contributed by atoms with E-state index in [1.54, 1.807) is 11.1 Å².